The molecule has 1 aromatic rings. The van der Waals surface area contributed by atoms with Gasteiger partial charge in [-0.2, -0.15) is 0 Å². The Morgan fingerprint density at radius 2 is 1.87 bits per heavy atom. The van der Waals surface area contributed by atoms with Crippen LogP contribution in [0.3, 0.4) is 0 Å². The first kappa shape index (κ1) is 12.5. The molecule has 0 aliphatic rings. The summed E-state index contributed by atoms with van der Waals surface area (Å²) in [6.45, 7) is 4.03. The third kappa shape index (κ3) is 3.49. The Labute approximate surface area is 95.5 Å². The van der Waals surface area contributed by atoms with E-state index in [0.717, 1.165) is 11.1 Å². The number of benzene rings is 1. The number of hydrogen-bond acceptors (Lipinski definition) is 2. The molecule has 15 heavy (non-hydrogen) atoms. The zero-order valence-electron chi connectivity index (χ0n) is 9.07. The SMILES string of the molecule is Cc1ccc(C[C@H](O)C(O)CCl)c(C)c1. The summed E-state index contributed by atoms with van der Waals surface area (Å²) in [5, 5.41) is 19.0. The largest absolute Gasteiger partial charge is 0.390 e. The van der Waals surface area contributed by atoms with Crippen LogP contribution < -0.4 is 0 Å². The van der Waals surface area contributed by atoms with E-state index in [-0.39, 0.29) is 5.88 Å². The van der Waals surface area contributed by atoms with Crippen molar-refractivity contribution in [2.45, 2.75) is 32.5 Å². The fourth-order valence-corrected chi connectivity index (χ4v) is 1.74. The molecule has 0 aliphatic carbocycles. The van der Waals surface area contributed by atoms with Crippen molar-refractivity contribution in [1.82, 2.24) is 0 Å². The van der Waals surface area contributed by atoms with Gasteiger partial charge in [-0.1, -0.05) is 23.8 Å². The van der Waals surface area contributed by atoms with Gasteiger partial charge >= 0.3 is 0 Å². The fourth-order valence-electron chi connectivity index (χ4n) is 1.54. The monoisotopic (exact) mass is 228 g/mol. The molecule has 0 aromatic heterocycles. The zero-order chi connectivity index (χ0) is 11.4. The number of hydrogen-bond donors (Lipinski definition) is 2. The second-order valence-electron chi connectivity index (χ2n) is 3.92. The maximum absolute atomic E-state index is 9.63. The average molecular weight is 229 g/mol. The van der Waals surface area contributed by atoms with Crippen LogP contribution in [0.5, 0.6) is 0 Å². The van der Waals surface area contributed by atoms with Crippen molar-refractivity contribution < 1.29 is 10.2 Å². The van der Waals surface area contributed by atoms with Gasteiger partial charge in [0.15, 0.2) is 0 Å². The van der Waals surface area contributed by atoms with Gasteiger partial charge in [-0.05, 0) is 25.0 Å². The summed E-state index contributed by atoms with van der Waals surface area (Å²) < 4.78 is 0. The summed E-state index contributed by atoms with van der Waals surface area (Å²) in [4.78, 5) is 0. The van der Waals surface area contributed by atoms with Crippen molar-refractivity contribution in [3.8, 4) is 0 Å². The maximum Gasteiger partial charge on any atom is 0.0937 e. The summed E-state index contributed by atoms with van der Waals surface area (Å²) in [5.74, 6) is 0.0616. The highest BCUT2D eigenvalue weighted by atomic mass is 35.5. The molecule has 2 nitrogen and oxygen atoms in total. The van der Waals surface area contributed by atoms with Crippen LogP contribution in [-0.4, -0.2) is 28.3 Å². The van der Waals surface area contributed by atoms with Gasteiger partial charge in [0.2, 0.25) is 0 Å². The molecular formula is C12H17ClO2. The molecule has 0 fully saturated rings. The Kier molecular flexibility index (Phi) is 4.58. The van der Waals surface area contributed by atoms with Crippen molar-refractivity contribution in [3.05, 3.63) is 34.9 Å². The number of aliphatic hydroxyl groups is 2. The highest BCUT2D eigenvalue weighted by molar-refractivity contribution is 6.18. The summed E-state index contributed by atoms with van der Waals surface area (Å²) >= 11 is 5.47. The van der Waals surface area contributed by atoms with Gasteiger partial charge in [0, 0.05) is 6.42 Å². The Bertz CT molecular complexity index is 325. The van der Waals surface area contributed by atoms with Gasteiger partial charge in [-0.15, -0.1) is 11.6 Å². The first-order valence-electron chi connectivity index (χ1n) is 5.03. The topological polar surface area (TPSA) is 40.5 Å². The Morgan fingerprint density at radius 1 is 1.20 bits per heavy atom. The number of aliphatic hydroxyl groups excluding tert-OH is 2. The lowest BCUT2D eigenvalue weighted by atomic mass is 9.99. The van der Waals surface area contributed by atoms with E-state index in [1.165, 1.54) is 5.56 Å². The van der Waals surface area contributed by atoms with E-state index < -0.39 is 12.2 Å². The Morgan fingerprint density at radius 3 is 2.40 bits per heavy atom. The normalized spacial score (nSPS) is 15.0. The highest BCUT2D eigenvalue weighted by Gasteiger charge is 2.16. The van der Waals surface area contributed by atoms with Crippen molar-refractivity contribution >= 4 is 11.6 Å². The van der Waals surface area contributed by atoms with Crippen LogP contribution in [0.1, 0.15) is 16.7 Å². The first-order valence-corrected chi connectivity index (χ1v) is 5.56. The van der Waals surface area contributed by atoms with E-state index in [0.29, 0.717) is 6.42 Å². The van der Waals surface area contributed by atoms with Crippen LogP contribution in [0.2, 0.25) is 0 Å². The van der Waals surface area contributed by atoms with Crippen molar-refractivity contribution in [2.24, 2.45) is 0 Å². The number of alkyl halides is 1. The van der Waals surface area contributed by atoms with E-state index in [1.54, 1.807) is 0 Å². The molecule has 0 saturated carbocycles. The van der Waals surface area contributed by atoms with Gasteiger partial charge in [-0.3, -0.25) is 0 Å². The minimum Gasteiger partial charge on any atom is -0.390 e. The number of aryl methyl sites for hydroxylation is 2. The van der Waals surface area contributed by atoms with Crippen molar-refractivity contribution in [3.63, 3.8) is 0 Å². The molecule has 0 amide bonds. The molecule has 2 atom stereocenters. The standard InChI is InChI=1S/C12H17ClO2/c1-8-3-4-10(9(2)5-8)6-11(14)12(15)7-13/h3-5,11-12,14-15H,6-7H2,1-2H3/t11-,12?/m0/s1. The smallest absolute Gasteiger partial charge is 0.0937 e. The Hall–Kier alpha value is -0.570. The van der Waals surface area contributed by atoms with E-state index >= 15 is 0 Å². The second-order valence-corrected chi connectivity index (χ2v) is 4.23. The minimum absolute atomic E-state index is 0.0616. The molecular weight excluding hydrogens is 212 g/mol. The van der Waals surface area contributed by atoms with Crippen molar-refractivity contribution in [2.75, 3.05) is 5.88 Å². The molecule has 0 saturated heterocycles. The van der Waals surface area contributed by atoms with E-state index in [9.17, 15) is 10.2 Å². The molecule has 1 aromatic carbocycles. The minimum atomic E-state index is -0.854. The maximum atomic E-state index is 9.63. The molecule has 1 unspecified atom stereocenters. The molecule has 3 heteroatoms. The molecule has 0 spiro atoms. The molecule has 0 bridgehead atoms. The quantitative estimate of drug-likeness (QED) is 0.772. The fraction of sp³-hybridized carbons (Fsp3) is 0.500. The van der Waals surface area contributed by atoms with Gasteiger partial charge in [0.25, 0.3) is 0 Å². The second kappa shape index (κ2) is 5.50. The van der Waals surface area contributed by atoms with Gasteiger partial charge in [0.1, 0.15) is 0 Å². The molecule has 0 aliphatic heterocycles. The number of halogens is 1. The van der Waals surface area contributed by atoms with Gasteiger partial charge in [0.05, 0.1) is 18.1 Å². The molecule has 1 rings (SSSR count). The molecule has 0 radical (unpaired) electrons. The predicted octanol–water partition coefficient (Wildman–Crippen LogP) is 1.81. The third-order valence-corrected chi connectivity index (χ3v) is 2.85. The predicted molar refractivity (Wildman–Crippen MR) is 62.4 cm³/mol. The lowest BCUT2D eigenvalue weighted by Gasteiger charge is -2.16. The van der Waals surface area contributed by atoms with Crippen LogP contribution in [0.4, 0.5) is 0 Å². The molecule has 84 valence electrons. The van der Waals surface area contributed by atoms with Crippen LogP contribution in [0.25, 0.3) is 0 Å². The Balaban J connectivity index is 2.72. The van der Waals surface area contributed by atoms with Gasteiger partial charge in [-0.25, -0.2) is 0 Å². The molecule has 2 N–H and O–H groups in total. The van der Waals surface area contributed by atoms with Crippen LogP contribution >= 0.6 is 11.6 Å². The van der Waals surface area contributed by atoms with E-state index in [1.807, 2.05) is 26.0 Å². The third-order valence-electron chi connectivity index (χ3n) is 2.53. The van der Waals surface area contributed by atoms with Crippen molar-refractivity contribution in [1.29, 1.82) is 0 Å². The van der Waals surface area contributed by atoms with Crippen LogP contribution in [0.15, 0.2) is 18.2 Å². The van der Waals surface area contributed by atoms with Gasteiger partial charge < -0.3 is 10.2 Å². The summed E-state index contributed by atoms with van der Waals surface area (Å²) in [6, 6.07) is 6.05. The van der Waals surface area contributed by atoms with E-state index in [2.05, 4.69) is 6.07 Å². The zero-order valence-corrected chi connectivity index (χ0v) is 9.83. The first-order chi connectivity index (χ1) is 7.04. The lowest BCUT2D eigenvalue weighted by Crippen LogP contribution is -2.29. The summed E-state index contributed by atoms with van der Waals surface area (Å²) in [5.41, 5.74) is 3.39. The average Bonchev–Trinajstić information content (AvgIpc) is 2.20. The summed E-state index contributed by atoms with van der Waals surface area (Å²) in [6.07, 6.45) is -1.20. The van der Waals surface area contributed by atoms with E-state index in [4.69, 9.17) is 11.6 Å². The van der Waals surface area contributed by atoms with Crippen LogP contribution in [0, 0.1) is 13.8 Å². The lowest BCUT2D eigenvalue weighted by molar-refractivity contribution is 0.0340. The van der Waals surface area contributed by atoms with Crippen LogP contribution in [-0.2, 0) is 6.42 Å². The molecule has 0 heterocycles. The summed E-state index contributed by atoms with van der Waals surface area (Å²) in [7, 11) is 0. The highest BCUT2D eigenvalue weighted by Crippen LogP contribution is 2.14. The number of rotatable bonds is 4.